The van der Waals surface area contributed by atoms with Crippen molar-refractivity contribution < 1.29 is 58.1 Å². The van der Waals surface area contributed by atoms with E-state index in [1.54, 1.807) is 0 Å². The summed E-state index contributed by atoms with van der Waals surface area (Å²) in [5, 5.41) is 16.3. The van der Waals surface area contributed by atoms with Gasteiger partial charge in [-0.05, 0) is 12.8 Å². The molecule has 0 aromatic heterocycles. The van der Waals surface area contributed by atoms with E-state index in [2.05, 4.69) is 0 Å². The molecule has 0 saturated heterocycles. The zero-order valence-corrected chi connectivity index (χ0v) is 15.0. The number of unbranched alkanes of at least 4 members (excludes halogenated alkanes) is 2. The summed E-state index contributed by atoms with van der Waals surface area (Å²) in [4.78, 5) is 21.1. The molecule has 0 amide bonds. The second kappa shape index (κ2) is 13.7. The first kappa shape index (κ1) is 22.0. The van der Waals surface area contributed by atoms with E-state index in [-0.39, 0.29) is 35.3 Å². The number of hydrogen-bond acceptors (Lipinski definition) is 6. The Hall–Kier alpha value is 0.750. The zero-order chi connectivity index (χ0) is 14.0. The maximum atomic E-state index is 10.7. The van der Waals surface area contributed by atoms with Gasteiger partial charge in [0.2, 0.25) is 0 Å². The molecule has 0 aromatic carbocycles. The van der Waals surface area contributed by atoms with E-state index < -0.39 is 34.7 Å². The first-order valence-electron chi connectivity index (χ1n) is 5.22. The van der Waals surface area contributed by atoms with E-state index in [0.29, 0.717) is 12.2 Å². The summed E-state index contributed by atoms with van der Waals surface area (Å²) in [7, 11) is 2.35. The maximum absolute atomic E-state index is 10.7. The van der Waals surface area contributed by atoms with Crippen molar-refractivity contribution in [3.63, 3.8) is 0 Å². The van der Waals surface area contributed by atoms with E-state index >= 15 is 0 Å². The minimum absolute atomic E-state index is 0. The molecule has 19 heavy (non-hydrogen) atoms. The molecule has 2 atom stereocenters. The van der Waals surface area contributed by atoms with E-state index in [0.717, 1.165) is 23.6 Å². The van der Waals surface area contributed by atoms with Gasteiger partial charge in [0, 0.05) is 11.5 Å². The number of carboxylic acid groups (broad SMARTS) is 2. The Kier molecular flexibility index (Phi) is 15.9. The van der Waals surface area contributed by atoms with Crippen LogP contribution in [-0.4, -0.2) is 47.7 Å². The fourth-order valence-electron chi connectivity index (χ4n) is 1.01. The van der Waals surface area contributed by atoms with Gasteiger partial charge in [0.1, 0.15) is 5.25 Å². The van der Waals surface area contributed by atoms with Crippen LogP contribution in [0.25, 0.3) is 0 Å². The molecular weight excluding hydrogens is 323 g/mol. The summed E-state index contributed by atoms with van der Waals surface area (Å²) in [5.41, 5.74) is 0. The second-order valence-corrected chi connectivity index (χ2v) is 7.12. The van der Waals surface area contributed by atoms with Crippen LogP contribution in [-0.2, 0) is 20.7 Å². The Labute approximate surface area is 144 Å². The molecule has 10 heteroatoms. The third kappa shape index (κ3) is 15.0. The summed E-state index contributed by atoms with van der Waals surface area (Å²) in [5.74, 6) is -1.43. The normalized spacial score (nSPS) is 13.3. The van der Waals surface area contributed by atoms with E-state index in [4.69, 9.17) is 10.2 Å². The van der Waals surface area contributed by atoms with Gasteiger partial charge in [-0.3, -0.25) is 13.8 Å². The predicted octanol–water partition coefficient (Wildman–Crippen LogP) is -1.65. The smallest absolute Gasteiger partial charge is 0.772 e. The zero-order valence-electron chi connectivity index (χ0n) is 10.6. The quantitative estimate of drug-likeness (QED) is 0.199. The van der Waals surface area contributed by atoms with E-state index in [1.165, 1.54) is 10.8 Å². The average Bonchev–Trinajstić information content (AvgIpc) is 2.25. The molecule has 106 valence electrons. The molecule has 0 bridgehead atoms. The van der Waals surface area contributed by atoms with Gasteiger partial charge in [-0.25, -0.2) is 0 Å². The van der Waals surface area contributed by atoms with Crippen LogP contribution in [0.2, 0.25) is 0 Å². The van der Waals surface area contributed by atoms with Crippen LogP contribution in [0.5, 0.6) is 0 Å². The predicted molar refractivity (Wildman–Crippen MR) is 71.4 cm³/mol. The van der Waals surface area contributed by atoms with Crippen molar-refractivity contribution >= 4 is 44.6 Å². The minimum Gasteiger partial charge on any atom is -0.772 e. The van der Waals surface area contributed by atoms with Gasteiger partial charge in [-0.1, -0.05) is 39.1 Å². The number of carboxylic acids is 2. The molecule has 0 aliphatic rings. The SMILES string of the molecule is O=C(O)CC(SSCCCCCS(=O)[O-])C(=O)O.[Na+]. The number of rotatable bonds is 11. The second-order valence-electron chi connectivity index (χ2n) is 3.41. The first-order chi connectivity index (χ1) is 8.43. The third-order valence-electron chi connectivity index (χ3n) is 1.86. The molecule has 6 nitrogen and oxygen atoms in total. The van der Waals surface area contributed by atoms with Crippen LogP contribution in [0, 0.1) is 0 Å². The van der Waals surface area contributed by atoms with Crippen LogP contribution in [0.4, 0.5) is 0 Å². The topological polar surface area (TPSA) is 115 Å². The summed E-state index contributed by atoms with van der Waals surface area (Å²) in [6, 6.07) is 0. The van der Waals surface area contributed by atoms with E-state index in [1.807, 2.05) is 0 Å². The molecule has 0 fully saturated rings. The average molecular weight is 338 g/mol. The Morgan fingerprint density at radius 2 is 1.84 bits per heavy atom. The van der Waals surface area contributed by atoms with Crippen molar-refractivity contribution in [1.29, 1.82) is 0 Å². The van der Waals surface area contributed by atoms with Gasteiger partial charge in [-0.2, -0.15) is 0 Å². The largest absolute Gasteiger partial charge is 1.00 e. The van der Waals surface area contributed by atoms with Crippen molar-refractivity contribution in [3.8, 4) is 0 Å². The molecule has 2 unspecified atom stereocenters. The van der Waals surface area contributed by atoms with Gasteiger partial charge in [0.05, 0.1) is 6.42 Å². The van der Waals surface area contributed by atoms with Crippen molar-refractivity contribution in [3.05, 3.63) is 0 Å². The summed E-state index contributed by atoms with van der Waals surface area (Å²) in [6.07, 6.45) is 1.74. The van der Waals surface area contributed by atoms with Crippen molar-refractivity contribution in [2.24, 2.45) is 0 Å². The number of hydrogen-bond donors (Lipinski definition) is 2. The van der Waals surface area contributed by atoms with Crippen LogP contribution < -0.4 is 29.6 Å². The minimum atomic E-state index is -2.00. The molecule has 0 aliphatic heterocycles. The Bertz CT molecular complexity index is 302. The molecule has 0 heterocycles. The molecule has 2 N–H and O–H groups in total. The molecule has 0 aromatic rings. The Morgan fingerprint density at radius 1 is 1.21 bits per heavy atom. The van der Waals surface area contributed by atoms with Gasteiger partial charge in [-0.15, -0.1) is 0 Å². The summed E-state index contributed by atoms with van der Waals surface area (Å²) >= 11 is -2.00. The standard InChI is InChI=1S/C9H16O6S3.Na/c10-8(11)6-7(9(12)13)17-16-4-2-1-3-5-18(14)15;/h7H,1-6H2,(H,10,11)(H,12,13)(H,14,15);/q;+1/p-1. The van der Waals surface area contributed by atoms with Crippen molar-refractivity contribution in [1.82, 2.24) is 0 Å². The number of carbonyl (C=O) groups is 2. The molecule has 0 rings (SSSR count). The van der Waals surface area contributed by atoms with Crippen molar-refractivity contribution in [2.45, 2.75) is 30.9 Å². The monoisotopic (exact) mass is 338 g/mol. The van der Waals surface area contributed by atoms with E-state index in [9.17, 15) is 18.4 Å². The molecule has 0 spiro atoms. The first-order valence-corrected chi connectivity index (χ1v) is 8.85. The summed E-state index contributed by atoms with van der Waals surface area (Å²) in [6.45, 7) is 0. The molecule has 0 radical (unpaired) electrons. The maximum Gasteiger partial charge on any atom is 1.00 e. The summed E-state index contributed by atoms with van der Waals surface area (Å²) < 4.78 is 20.4. The molecule has 0 aliphatic carbocycles. The van der Waals surface area contributed by atoms with Crippen LogP contribution >= 0.6 is 21.6 Å². The van der Waals surface area contributed by atoms with Crippen LogP contribution in [0.15, 0.2) is 0 Å². The van der Waals surface area contributed by atoms with Crippen LogP contribution in [0.1, 0.15) is 25.7 Å². The fraction of sp³-hybridized carbons (Fsp3) is 0.778. The Balaban J connectivity index is 0. The van der Waals surface area contributed by atoms with Crippen LogP contribution in [0.3, 0.4) is 0 Å². The van der Waals surface area contributed by atoms with Gasteiger partial charge in [0.25, 0.3) is 0 Å². The molecular formula is C9H15NaO6S3. The van der Waals surface area contributed by atoms with Gasteiger partial charge in [0.15, 0.2) is 0 Å². The fourth-order valence-corrected chi connectivity index (χ4v) is 3.91. The number of aliphatic carboxylic acids is 2. The van der Waals surface area contributed by atoms with Gasteiger partial charge < -0.3 is 14.8 Å². The van der Waals surface area contributed by atoms with Crippen molar-refractivity contribution in [2.75, 3.05) is 11.5 Å². The molecule has 0 saturated carbocycles. The van der Waals surface area contributed by atoms with Gasteiger partial charge >= 0.3 is 41.5 Å². The Morgan fingerprint density at radius 3 is 2.32 bits per heavy atom. The third-order valence-corrected chi connectivity index (χ3v) is 5.28.